The number of piperidine rings is 1. The Hall–Kier alpha value is -1.14. The number of allylic oxidation sites excluding steroid dienone is 1. The van der Waals surface area contributed by atoms with Crippen LogP contribution in [0.2, 0.25) is 0 Å². The van der Waals surface area contributed by atoms with Gasteiger partial charge >= 0.3 is 0 Å². The highest BCUT2D eigenvalue weighted by atomic mass is 79.9. The topological polar surface area (TPSA) is 50.2 Å². The van der Waals surface area contributed by atoms with Crippen molar-refractivity contribution in [1.82, 2.24) is 15.1 Å². The molecule has 0 spiro atoms. The van der Waals surface area contributed by atoms with Crippen molar-refractivity contribution >= 4 is 21.6 Å². The summed E-state index contributed by atoms with van der Waals surface area (Å²) in [6.45, 7) is 5.94. The first-order valence-corrected chi connectivity index (χ1v) is 7.25. The van der Waals surface area contributed by atoms with Gasteiger partial charge in [-0.15, -0.1) is 6.58 Å². The van der Waals surface area contributed by atoms with Crippen LogP contribution in [-0.2, 0) is 6.54 Å². The predicted molar refractivity (Wildman–Crippen MR) is 80.7 cm³/mol. The molecular weight excluding hydrogens is 308 g/mol. The van der Waals surface area contributed by atoms with Crippen LogP contribution in [0.4, 0.5) is 5.69 Å². The van der Waals surface area contributed by atoms with E-state index >= 15 is 0 Å². The minimum atomic E-state index is -0.104. The second kappa shape index (κ2) is 6.34. The van der Waals surface area contributed by atoms with Crippen molar-refractivity contribution in [3.05, 3.63) is 33.7 Å². The van der Waals surface area contributed by atoms with Gasteiger partial charge in [-0.25, -0.2) is 4.68 Å². The molecule has 1 aromatic rings. The maximum atomic E-state index is 12.1. The Morgan fingerprint density at radius 3 is 2.84 bits per heavy atom. The number of rotatable bonds is 4. The Kier molecular flexibility index (Phi) is 4.76. The number of halogens is 1. The van der Waals surface area contributed by atoms with Gasteiger partial charge < -0.3 is 10.2 Å². The van der Waals surface area contributed by atoms with Crippen LogP contribution in [0.5, 0.6) is 0 Å². The number of hydrogen-bond acceptors (Lipinski definition) is 4. The Labute approximate surface area is 121 Å². The molecule has 1 aliphatic rings. The van der Waals surface area contributed by atoms with E-state index in [0.717, 1.165) is 31.6 Å². The van der Waals surface area contributed by atoms with Gasteiger partial charge in [0.2, 0.25) is 0 Å². The second-order valence-corrected chi connectivity index (χ2v) is 5.46. The van der Waals surface area contributed by atoms with Crippen LogP contribution in [0.15, 0.2) is 28.1 Å². The van der Waals surface area contributed by atoms with Gasteiger partial charge in [0, 0.05) is 19.1 Å². The Morgan fingerprint density at radius 1 is 1.58 bits per heavy atom. The van der Waals surface area contributed by atoms with E-state index in [0.29, 0.717) is 17.1 Å². The molecule has 2 heterocycles. The summed E-state index contributed by atoms with van der Waals surface area (Å²) in [6, 6.07) is 0.573. The summed E-state index contributed by atoms with van der Waals surface area (Å²) in [5.41, 5.74) is 0.785. The standard InChI is InChI=1S/C13H19BrN4O/c1-3-6-18-13(19)12(14)11(9-16-18)17-7-4-10(15-2)5-8-17/h3,9-10,15H,1,4-8H2,2H3. The highest BCUT2D eigenvalue weighted by Crippen LogP contribution is 2.24. The van der Waals surface area contributed by atoms with Crippen molar-refractivity contribution < 1.29 is 0 Å². The van der Waals surface area contributed by atoms with Crippen LogP contribution < -0.4 is 15.8 Å². The van der Waals surface area contributed by atoms with Gasteiger partial charge in [-0.1, -0.05) is 6.08 Å². The normalized spacial score (nSPS) is 16.6. The molecule has 104 valence electrons. The summed E-state index contributed by atoms with van der Waals surface area (Å²) < 4.78 is 1.99. The fourth-order valence-electron chi connectivity index (χ4n) is 2.34. The van der Waals surface area contributed by atoms with Gasteiger partial charge in [0.25, 0.3) is 5.56 Å². The molecule has 1 fully saturated rings. The zero-order valence-electron chi connectivity index (χ0n) is 11.1. The van der Waals surface area contributed by atoms with Gasteiger partial charge in [0.15, 0.2) is 0 Å². The minimum absolute atomic E-state index is 0.104. The molecule has 19 heavy (non-hydrogen) atoms. The molecule has 0 bridgehead atoms. The zero-order valence-corrected chi connectivity index (χ0v) is 12.7. The lowest BCUT2D eigenvalue weighted by Crippen LogP contribution is -2.42. The van der Waals surface area contributed by atoms with Crippen molar-refractivity contribution in [2.75, 3.05) is 25.0 Å². The Morgan fingerprint density at radius 2 is 2.26 bits per heavy atom. The SMILES string of the molecule is C=CCn1ncc(N2CCC(NC)CC2)c(Br)c1=O. The van der Waals surface area contributed by atoms with Gasteiger partial charge in [-0.3, -0.25) is 4.79 Å². The first kappa shape index (κ1) is 14.3. The van der Waals surface area contributed by atoms with Crippen LogP contribution in [0.25, 0.3) is 0 Å². The van der Waals surface area contributed by atoms with E-state index < -0.39 is 0 Å². The largest absolute Gasteiger partial charge is 0.369 e. The molecule has 0 radical (unpaired) electrons. The molecule has 6 heteroatoms. The molecule has 1 aliphatic heterocycles. The van der Waals surface area contributed by atoms with Crippen LogP contribution in [0, 0.1) is 0 Å². The summed E-state index contributed by atoms with van der Waals surface area (Å²) in [5.74, 6) is 0. The van der Waals surface area contributed by atoms with E-state index in [2.05, 4.69) is 37.8 Å². The predicted octanol–water partition coefficient (Wildman–Crippen LogP) is 1.38. The monoisotopic (exact) mass is 326 g/mol. The number of anilines is 1. The summed E-state index contributed by atoms with van der Waals surface area (Å²) in [7, 11) is 1.99. The molecule has 0 saturated carbocycles. The molecule has 5 nitrogen and oxygen atoms in total. The van der Waals surface area contributed by atoms with E-state index in [-0.39, 0.29) is 5.56 Å². The number of nitrogens with one attached hydrogen (secondary N) is 1. The van der Waals surface area contributed by atoms with Gasteiger partial charge in [-0.05, 0) is 35.8 Å². The van der Waals surface area contributed by atoms with E-state index in [1.165, 1.54) is 4.68 Å². The van der Waals surface area contributed by atoms with E-state index in [4.69, 9.17) is 0 Å². The van der Waals surface area contributed by atoms with Crippen molar-refractivity contribution in [1.29, 1.82) is 0 Å². The third-order valence-corrected chi connectivity index (χ3v) is 4.26. The molecule has 0 atom stereocenters. The smallest absolute Gasteiger partial charge is 0.283 e. The van der Waals surface area contributed by atoms with Gasteiger partial charge in [-0.2, -0.15) is 5.10 Å². The summed E-state index contributed by atoms with van der Waals surface area (Å²) in [5, 5.41) is 7.49. The van der Waals surface area contributed by atoms with Gasteiger partial charge in [0.1, 0.15) is 4.47 Å². The third kappa shape index (κ3) is 3.06. The first-order valence-electron chi connectivity index (χ1n) is 6.46. The van der Waals surface area contributed by atoms with Crippen LogP contribution in [0.1, 0.15) is 12.8 Å². The number of aromatic nitrogens is 2. The second-order valence-electron chi connectivity index (χ2n) is 4.67. The number of hydrogen-bond donors (Lipinski definition) is 1. The Bertz CT molecular complexity index is 506. The van der Waals surface area contributed by atoms with Crippen LogP contribution in [-0.4, -0.2) is 36.0 Å². The molecule has 0 aromatic carbocycles. The average molecular weight is 327 g/mol. The van der Waals surface area contributed by atoms with E-state index in [9.17, 15) is 4.79 Å². The highest BCUT2D eigenvalue weighted by Gasteiger charge is 2.21. The van der Waals surface area contributed by atoms with E-state index in [1.807, 2.05) is 7.05 Å². The van der Waals surface area contributed by atoms with Crippen LogP contribution in [0.3, 0.4) is 0 Å². The lowest BCUT2D eigenvalue weighted by Gasteiger charge is -2.33. The minimum Gasteiger partial charge on any atom is -0.369 e. The fraction of sp³-hybridized carbons (Fsp3) is 0.538. The maximum absolute atomic E-state index is 12.1. The Balaban J connectivity index is 2.20. The van der Waals surface area contributed by atoms with E-state index in [1.54, 1.807) is 12.3 Å². The molecule has 0 amide bonds. The van der Waals surface area contributed by atoms with Crippen LogP contribution >= 0.6 is 15.9 Å². The maximum Gasteiger partial charge on any atom is 0.283 e. The lowest BCUT2D eigenvalue weighted by atomic mass is 10.1. The fourth-order valence-corrected chi connectivity index (χ4v) is 2.90. The molecule has 1 saturated heterocycles. The van der Waals surface area contributed by atoms with Crippen molar-refractivity contribution in [3.63, 3.8) is 0 Å². The summed E-state index contributed by atoms with van der Waals surface area (Å²) in [4.78, 5) is 14.3. The molecule has 0 aliphatic carbocycles. The molecule has 1 N–H and O–H groups in total. The summed E-state index contributed by atoms with van der Waals surface area (Å²) in [6.07, 6.45) is 5.59. The van der Waals surface area contributed by atoms with Crippen molar-refractivity contribution in [3.8, 4) is 0 Å². The quantitative estimate of drug-likeness (QED) is 0.849. The highest BCUT2D eigenvalue weighted by molar-refractivity contribution is 9.10. The molecule has 1 aromatic heterocycles. The van der Waals surface area contributed by atoms with Crippen molar-refractivity contribution in [2.24, 2.45) is 0 Å². The lowest BCUT2D eigenvalue weighted by molar-refractivity contribution is 0.441. The average Bonchev–Trinajstić information content (AvgIpc) is 2.45. The molecule has 0 unspecified atom stereocenters. The molecule has 2 rings (SSSR count). The third-order valence-electron chi connectivity index (χ3n) is 3.51. The zero-order chi connectivity index (χ0) is 13.8. The van der Waals surface area contributed by atoms with Gasteiger partial charge in [0.05, 0.1) is 18.4 Å². The number of nitrogens with zero attached hydrogens (tertiary/aromatic N) is 3. The first-order chi connectivity index (χ1) is 9.17. The summed E-state index contributed by atoms with van der Waals surface area (Å²) >= 11 is 3.40. The molecular formula is C13H19BrN4O. The van der Waals surface area contributed by atoms with Crippen molar-refractivity contribution in [2.45, 2.75) is 25.4 Å².